The Balaban J connectivity index is 3.32. The summed E-state index contributed by atoms with van der Waals surface area (Å²) in [5.41, 5.74) is 4.54. The molecule has 0 radical (unpaired) electrons. The van der Waals surface area contributed by atoms with Crippen LogP contribution in [0.5, 0.6) is 0 Å². The quantitative estimate of drug-likeness (QED) is 0.767. The SMILES string of the molecule is Cc1ccc(/C(=C/C(=O)O)CO)c(C)c1C. The highest BCUT2D eigenvalue weighted by Gasteiger charge is 2.09. The lowest BCUT2D eigenvalue weighted by molar-refractivity contribution is -0.131. The third-order valence-corrected chi connectivity index (χ3v) is 2.87. The molecule has 3 heteroatoms. The molecule has 0 fully saturated rings. The zero-order valence-electron chi connectivity index (χ0n) is 9.74. The van der Waals surface area contributed by atoms with Gasteiger partial charge in [0.2, 0.25) is 0 Å². The van der Waals surface area contributed by atoms with Crippen molar-refractivity contribution in [2.75, 3.05) is 6.61 Å². The third-order valence-electron chi connectivity index (χ3n) is 2.87. The van der Waals surface area contributed by atoms with Crippen LogP contribution in [0.2, 0.25) is 0 Å². The van der Waals surface area contributed by atoms with E-state index in [9.17, 15) is 9.90 Å². The first-order valence-corrected chi connectivity index (χ1v) is 5.09. The van der Waals surface area contributed by atoms with Crippen molar-refractivity contribution in [2.24, 2.45) is 0 Å². The van der Waals surface area contributed by atoms with Gasteiger partial charge in [0.1, 0.15) is 0 Å². The predicted octanol–water partition coefficient (Wildman–Crippen LogP) is 2.07. The van der Waals surface area contributed by atoms with Gasteiger partial charge in [-0.1, -0.05) is 12.1 Å². The first kappa shape index (κ1) is 12.5. The number of benzene rings is 1. The first-order chi connectivity index (χ1) is 7.47. The van der Waals surface area contributed by atoms with E-state index in [2.05, 4.69) is 0 Å². The van der Waals surface area contributed by atoms with Crippen LogP contribution in [0.4, 0.5) is 0 Å². The normalized spacial score (nSPS) is 11.6. The van der Waals surface area contributed by atoms with Crippen LogP contribution in [0, 0.1) is 20.8 Å². The van der Waals surface area contributed by atoms with Crippen LogP contribution in [0.3, 0.4) is 0 Å². The van der Waals surface area contributed by atoms with Crippen LogP contribution in [0.1, 0.15) is 22.3 Å². The molecule has 0 aliphatic heterocycles. The molecule has 0 bridgehead atoms. The fourth-order valence-electron chi connectivity index (χ4n) is 1.66. The van der Waals surface area contributed by atoms with Crippen molar-refractivity contribution in [3.63, 3.8) is 0 Å². The molecule has 3 nitrogen and oxygen atoms in total. The van der Waals surface area contributed by atoms with Crippen LogP contribution in [-0.4, -0.2) is 22.8 Å². The van der Waals surface area contributed by atoms with E-state index in [0.717, 1.165) is 28.3 Å². The van der Waals surface area contributed by atoms with E-state index >= 15 is 0 Å². The molecule has 0 unspecified atom stereocenters. The topological polar surface area (TPSA) is 57.5 Å². The Morgan fingerprint density at radius 2 is 1.88 bits per heavy atom. The van der Waals surface area contributed by atoms with Crippen LogP contribution >= 0.6 is 0 Å². The fourth-order valence-corrected chi connectivity index (χ4v) is 1.66. The molecule has 0 atom stereocenters. The molecule has 0 amide bonds. The van der Waals surface area contributed by atoms with Gasteiger partial charge >= 0.3 is 5.97 Å². The second kappa shape index (κ2) is 4.94. The fraction of sp³-hybridized carbons (Fsp3) is 0.308. The number of hydrogen-bond donors (Lipinski definition) is 2. The molecule has 1 aromatic rings. The molecule has 0 aliphatic rings. The van der Waals surface area contributed by atoms with Crippen molar-refractivity contribution in [1.82, 2.24) is 0 Å². The number of aliphatic carboxylic acids is 1. The maximum absolute atomic E-state index is 10.6. The Morgan fingerprint density at radius 1 is 1.25 bits per heavy atom. The number of carbonyl (C=O) groups is 1. The minimum Gasteiger partial charge on any atom is -0.478 e. The molecule has 0 saturated carbocycles. The summed E-state index contributed by atoms with van der Waals surface area (Å²) in [6.45, 7) is 5.66. The van der Waals surface area contributed by atoms with Gasteiger partial charge in [-0.2, -0.15) is 0 Å². The number of rotatable bonds is 3. The number of aryl methyl sites for hydroxylation is 1. The molecule has 1 aromatic carbocycles. The van der Waals surface area contributed by atoms with Gasteiger partial charge in [0.25, 0.3) is 0 Å². The highest BCUT2D eigenvalue weighted by molar-refractivity contribution is 5.90. The largest absolute Gasteiger partial charge is 0.478 e. The highest BCUT2D eigenvalue weighted by Crippen LogP contribution is 2.23. The molecule has 0 spiro atoms. The smallest absolute Gasteiger partial charge is 0.328 e. The van der Waals surface area contributed by atoms with Crippen LogP contribution < -0.4 is 0 Å². The summed E-state index contributed by atoms with van der Waals surface area (Å²) in [6, 6.07) is 3.78. The van der Waals surface area contributed by atoms with Gasteiger partial charge in [-0.3, -0.25) is 0 Å². The Kier molecular flexibility index (Phi) is 3.85. The van der Waals surface area contributed by atoms with Gasteiger partial charge in [0.15, 0.2) is 0 Å². The first-order valence-electron chi connectivity index (χ1n) is 5.09. The summed E-state index contributed by atoms with van der Waals surface area (Å²) >= 11 is 0. The number of hydrogen-bond acceptors (Lipinski definition) is 2. The standard InChI is InChI=1S/C13H16O3/c1-8-4-5-12(10(3)9(8)2)11(7-14)6-13(15)16/h4-6,14H,7H2,1-3H3,(H,15,16)/b11-6+. The molecule has 1 rings (SSSR count). The summed E-state index contributed by atoms with van der Waals surface area (Å²) in [4.78, 5) is 10.6. The Morgan fingerprint density at radius 3 is 2.38 bits per heavy atom. The maximum atomic E-state index is 10.6. The summed E-state index contributed by atoms with van der Waals surface area (Å²) in [5, 5.41) is 17.9. The van der Waals surface area contributed by atoms with E-state index in [0.29, 0.717) is 5.57 Å². The van der Waals surface area contributed by atoms with Crippen molar-refractivity contribution >= 4 is 11.5 Å². The van der Waals surface area contributed by atoms with E-state index in [4.69, 9.17) is 5.11 Å². The van der Waals surface area contributed by atoms with Crippen LogP contribution in [0.25, 0.3) is 5.57 Å². The van der Waals surface area contributed by atoms with Gasteiger partial charge in [0.05, 0.1) is 6.61 Å². The van der Waals surface area contributed by atoms with Gasteiger partial charge < -0.3 is 10.2 Å². The van der Waals surface area contributed by atoms with Crippen LogP contribution in [0.15, 0.2) is 18.2 Å². The minimum atomic E-state index is -1.04. The summed E-state index contributed by atoms with van der Waals surface area (Å²) in [6.07, 6.45) is 1.05. The van der Waals surface area contributed by atoms with E-state index in [1.807, 2.05) is 32.9 Å². The number of aliphatic hydroxyl groups excluding tert-OH is 1. The zero-order valence-corrected chi connectivity index (χ0v) is 9.74. The lowest BCUT2D eigenvalue weighted by atomic mass is 9.94. The average Bonchev–Trinajstić information content (AvgIpc) is 2.23. The second-order valence-electron chi connectivity index (χ2n) is 3.85. The Labute approximate surface area is 95.0 Å². The molecule has 0 aromatic heterocycles. The maximum Gasteiger partial charge on any atom is 0.328 e. The van der Waals surface area contributed by atoms with Crippen molar-refractivity contribution < 1.29 is 15.0 Å². The third kappa shape index (κ3) is 2.49. The predicted molar refractivity (Wildman–Crippen MR) is 63.4 cm³/mol. The summed E-state index contributed by atoms with van der Waals surface area (Å²) in [5.74, 6) is -1.04. The average molecular weight is 220 g/mol. The number of carboxylic acids is 1. The monoisotopic (exact) mass is 220 g/mol. The second-order valence-corrected chi connectivity index (χ2v) is 3.85. The molecule has 0 aliphatic carbocycles. The number of aliphatic hydroxyl groups is 1. The van der Waals surface area contributed by atoms with Crippen molar-refractivity contribution in [3.8, 4) is 0 Å². The van der Waals surface area contributed by atoms with E-state index in [1.54, 1.807) is 0 Å². The van der Waals surface area contributed by atoms with Crippen LogP contribution in [-0.2, 0) is 4.79 Å². The number of carboxylic acid groups (broad SMARTS) is 1. The summed E-state index contributed by atoms with van der Waals surface area (Å²) in [7, 11) is 0. The highest BCUT2D eigenvalue weighted by atomic mass is 16.4. The lowest BCUT2D eigenvalue weighted by Crippen LogP contribution is -2.00. The molecule has 86 valence electrons. The van der Waals surface area contributed by atoms with Crippen molar-refractivity contribution in [2.45, 2.75) is 20.8 Å². The lowest BCUT2D eigenvalue weighted by Gasteiger charge is -2.12. The van der Waals surface area contributed by atoms with Crippen molar-refractivity contribution in [1.29, 1.82) is 0 Å². The van der Waals surface area contributed by atoms with E-state index < -0.39 is 5.97 Å². The molecule has 0 saturated heterocycles. The van der Waals surface area contributed by atoms with E-state index in [-0.39, 0.29) is 6.61 Å². The molecule has 16 heavy (non-hydrogen) atoms. The molecule has 2 N–H and O–H groups in total. The zero-order chi connectivity index (χ0) is 12.3. The molecular weight excluding hydrogens is 204 g/mol. The van der Waals surface area contributed by atoms with Gasteiger partial charge in [-0.15, -0.1) is 0 Å². The van der Waals surface area contributed by atoms with Gasteiger partial charge in [-0.25, -0.2) is 4.79 Å². The van der Waals surface area contributed by atoms with Gasteiger partial charge in [0, 0.05) is 6.08 Å². The Bertz CT molecular complexity index is 445. The van der Waals surface area contributed by atoms with Crippen molar-refractivity contribution in [3.05, 3.63) is 40.5 Å². The minimum absolute atomic E-state index is 0.268. The van der Waals surface area contributed by atoms with Gasteiger partial charge in [-0.05, 0) is 48.6 Å². The summed E-state index contributed by atoms with van der Waals surface area (Å²) < 4.78 is 0. The molecule has 0 heterocycles. The Hall–Kier alpha value is -1.61. The van der Waals surface area contributed by atoms with E-state index in [1.165, 1.54) is 0 Å². The molecular formula is C13H16O3.